The Bertz CT molecular complexity index is 227. The zero-order valence-electron chi connectivity index (χ0n) is 4.37. The molecule has 52 valence electrons. The molecule has 0 aliphatic carbocycles. The van der Waals surface area contributed by atoms with Crippen LogP contribution in [0.1, 0.15) is 0 Å². The van der Waals surface area contributed by atoms with Gasteiger partial charge in [-0.05, 0) is 28.1 Å². The average molecular weight is 219 g/mol. The molecule has 1 aromatic carbocycles. The SMILES string of the molecule is Fc1ccc(Br)c(F)c1.[MgH2]. The number of halogens is 3. The van der Waals surface area contributed by atoms with Gasteiger partial charge < -0.3 is 0 Å². The lowest BCUT2D eigenvalue weighted by atomic mass is 10.3. The molecule has 0 fully saturated rings. The maximum atomic E-state index is 12.3. The summed E-state index contributed by atoms with van der Waals surface area (Å²) in [5.74, 6) is -1.13. The summed E-state index contributed by atoms with van der Waals surface area (Å²) >= 11 is 2.89. The van der Waals surface area contributed by atoms with E-state index in [-0.39, 0.29) is 27.5 Å². The van der Waals surface area contributed by atoms with Crippen molar-refractivity contribution in [3.05, 3.63) is 34.3 Å². The minimum atomic E-state index is -0.574. The molecule has 0 spiro atoms. The van der Waals surface area contributed by atoms with Crippen LogP contribution in [0.5, 0.6) is 0 Å². The molecule has 0 atom stereocenters. The minimum Gasteiger partial charge on any atom is -0.207 e. The third-order valence-electron chi connectivity index (χ3n) is 0.882. The first-order valence-corrected chi connectivity index (χ1v) is 3.10. The van der Waals surface area contributed by atoms with Crippen LogP contribution < -0.4 is 0 Å². The van der Waals surface area contributed by atoms with E-state index in [1.54, 1.807) is 0 Å². The Morgan fingerprint density at radius 3 is 2.20 bits per heavy atom. The number of rotatable bonds is 0. The first kappa shape index (κ1) is 10.3. The molecule has 1 aromatic rings. The van der Waals surface area contributed by atoms with Gasteiger partial charge in [-0.1, -0.05) is 0 Å². The van der Waals surface area contributed by atoms with Crippen LogP contribution in [-0.4, -0.2) is 23.1 Å². The molecule has 0 radical (unpaired) electrons. The molecule has 0 unspecified atom stereocenters. The van der Waals surface area contributed by atoms with Crippen molar-refractivity contribution >= 4 is 39.0 Å². The molecule has 0 heterocycles. The Hall–Kier alpha value is 0.326. The molecule has 0 bridgehead atoms. The second-order valence-electron chi connectivity index (χ2n) is 1.56. The molecule has 0 saturated heterocycles. The maximum Gasteiger partial charge on any atom is 0.316 e. The van der Waals surface area contributed by atoms with Crippen molar-refractivity contribution in [2.45, 2.75) is 0 Å². The van der Waals surface area contributed by atoms with Crippen molar-refractivity contribution in [1.82, 2.24) is 0 Å². The smallest absolute Gasteiger partial charge is 0.207 e. The van der Waals surface area contributed by atoms with Gasteiger partial charge in [0.25, 0.3) is 0 Å². The van der Waals surface area contributed by atoms with E-state index >= 15 is 0 Å². The average Bonchev–Trinajstić information content (AvgIpc) is 1.80. The van der Waals surface area contributed by atoms with Crippen LogP contribution >= 0.6 is 15.9 Å². The Morgan fingerprint density at radius 1 is 1.20 bits per heavy atom. The van der Waals surface area contributed by atoms with Gasteiger partial charge in [-0.3, -0.25) is 0 Å². The van der Waals surface area contributed by atoms with Crippen molar-refractivity contribution in [3.63, 3.8) is 0 Å². The van der Waals surface area contributed by atoms with E-state index in [4.69, 9.17) is 0 Å². The minimum absolute atomic E-state index is 0. The summed E-state index contributed by atoms with van der Waals surface area (Å²) in [4.78, 5) is 0. The Kier molecular flexibility index (Phi) is 4.39. The second-order valence-corrected chi connectivity index (χ2v) is 2.41. The van der Waals surface area contributed by atoms with Gasteiger partial charge >= 0.3 is 23.1 Å². The predicted molar refractivity (Wildman–Crippen MR) is 42.6 cm³/mol. The highest BCUT2D eigenvalue weighted by molar-refractivity contribution is 9.10. The highest BCUT2D eigenvalue weighted by Crippen LogP contribution is 2.14. The van der Waals surface area contributed by atoms with Gasteiger partial charge in [-0.15, -0.1) is 0 Å². The van der Waals surface area contributed by atoms with Crippen molar-refractivity contribution < 1.29 is 8.78 Å². The molecule has 4 heteroatoms. The zero-order valence-corrected chi connectivity index (χ0v) is 5.95. The molecule has 1 rings (SSSR count). The Balaban J connectivity index is 0.000000810. The van der Waals surface area contributed by atoms with Crippen LogP contribution in [0.2, 0.25) is 0 Å². The van der Waals surface area contributed by atoms with Gasteiger partial charge in [0.1, 0.15) is 11.6 Å². The topological polar surface area (TPSA) is 0 Å². The highest BCUT2D eigenvalue weighted by atomic mass is 79.9. The summed E-state index contributed by atoms with van der Waals surface area (Å²) < 4.78 is 24.7. The first-order chi connectivity index (χ1) is 4.20. The standard InChI is InChI=1S/C6H3BrF2.Mg.2H/c7-5-2-1-4(8)3-6(5)9;;;/h1-3H;;;. The van der Waals surface area contributed by atoms with Gasteiger partial charge in [0.05, 0.1) is 4.47 Å². The Morgan fingerprint density at radius 2 is 1.80 bits per heavy atom. The van der Waals surface area contributed by atoms with E-state index in [1.807, 2.05) is 0 Å². The summed E-state index contributed by atoms with van der Waals surface area (Å²) in [7, 11) is 0. The maximum absolute atomic E-state index is 12.3. The van der Waals surface area contributed by atoms with Crippen LogP contribution in [0.4, 0.5) is 8.78 Å². The van der Waals surface area contributed by atoms with E-state index in [9.17, 15) is 8.78 Å². The largest absolute Gasteiger partial charge is 0.316 e. The lowest BCUT2D eigenvalue weighted by Crippen LogP contribution is -1.78. The molecular weight excluding hydrogens is 214 g/mol. The summed E-state index contributed by atoms with van der Waals surface area (Å²) in [5.41, 5.74) is 0. The van der Waals surface area contributed by atoms with E-state index in [0.717, 1.165) is 6.07 Å². The highest BCUT2D eigenvalue weighted by Gasteiger charge is 1.97. The molecule has 0 aromatic heterocycles. The van der Waals surface area contributed by atoms with Gasteiger partial charge in [0.2, 0.25) is 0 Å². The van der Waals surface area contributed by atoms with Crippen molar-refractivity contribution in [3.8, 4) is 0 Å². The monoisotopic (exact) mass is 218 g/mol. The molecule has 0 aliphatic rings. The molecule has 0 aliphatic heterocycles. The van der Waals surface area contributed by atoms with Gasteiger partial charge in [0.15, 0.2) is 0 Å². The van der Waals surface area contributed by atoms with Crippen molar-refractivity contribution in [2.75, 3.05) is 0 Å². The van der Waals surface area contributed by atoms with Gasteiger partial charge in [-0.25, -0.2) is 8.78 Å². The fraction of sp³-hybridized carbons (Fsp3) is 0. The van der Waals surface area contributed by atoms with Crippen LogP contribution in [-0.2, 0) is 0 Å². The van der Waals surface area contributed by atoms with Gasteiger partial charge in [-0.2, -0.15) is 0 Å². The van der Waals surface area contributed by atoms with Crippen LogP contribution in [0.25, 0.3) is 0 Å². The quantitative estimate of drug-likeness (QED) is 0.461. The Labute approximate surface area is 81.9 Å². The third-order valence-corrected chi connectivity index (χ3v) is 1.52. The number of benzene rings is 1. The van der Waals surface area contributed by atoms with Crippen molar-refractivity contribution in [2.24, 2.45) is 0 Å². The summed E-state index contributed by atoms with van der Waals surface area (Å²) in [6.07, 6.45) is 0. The lowest BCUT2D eigenvalue weighted by molar-refractivity contribution is 0.579. The summed E-state index contributed by atoms with van der Waals surface area (Å²) in [6.45, 7) is 0. The molecule has 10 heavy (non-hydrogen) atoms. The van der Waals surface area contributed by atoms with Gasteiger partial charge in [0, 0.05) is 6.07 Å². The summed E-state index contributed by atoms with van der Waals surface area (Å²) in [5, 5.41) is 0. The van der Waals surface area contributed by atoms with E-state index in [0.29, 0.717) is 0 Å². The van der Waals surface area contributed by atoms with E-state index in [1.165, 1.54) is 12.1 Å². The molecular formula is C6H5BrF2Mg. The third kappa shape index (κ3) is 2.52. The molecule has 0 N–H and O–H groups in total. The molecule has 0 amide bonds. The van der Waals surface area contributed by atoms with Crippen LogP contribution in [0.3, 0.4) is 0 Å². The van der Waals surface area contributed by atoms with Crippen LogP contribution in [0, 0.1) is 11.6 Å². The lowest BCUT2D eigenvalue weighted by Gasteiger charge is -1.90. The fourth-order valence-electron chi connectivity index (χ4n) is 0.470. The van der Waals surface area contributed by atoms with Crippen LogP contribution in [0.15, 0.2) is 22.7 Å². The molecule has 0 nitrogen and oxygen atoms in total. The normalized spacial score (nSPS) is 8.70. The fourth-order valence-corrected chi connectivity index (χ4v) is 0.717. The summed E-state index contributed by atoms with van der Waals surface area (Å²) in [6, 6.07) is 3.34. The number of hydrogen-bond acceptors (Lipinski definition) is 0. The zero-order chi connectivity index (χ0) is 6.85. The second kappa shape index (κ2) is 4.26. The predicted octanol–water partition coefficient (Wildman–Crippen LogP) is 1.81. The van der Waals surface area contributed by atoms with E-state index in [2.05, 4.69) is 15.9 Å². The first-order valence-electron chi connectivity index (χ1n) is 2.30. The van der Waals surface area contributed by atoms with E-state index < -0.39 is 11.6 Å². The molecule has 0 saturated carbocycles. The van der Waals surface area contributed by atoms with Crippen molar-refractivity contribution in [1.29, 1.82) is 0 Å². The number of hydrogen-bond donors (Lipinski definition) is 0.